The van der Waals surface area contributed by atoms with Gasteiger partial charge in [-0.2, -0.15) is 0 Å². The summed E-state index contributed by atoms with van der Waals surface area (Å²) in [4.78, 5) is 13.7. The van der Waals surface area contributed by atoms with E-state index in [2.05, 4.69) is 22.3 Å². The summed E-state index contributed by atoms with van der Waals surface area (Å²) in [7, 11) is 1.72. The summed E-state index contributed by atoms with van der Waals surface area (Å²) < 4.78 is 5.60. The van der Waals surface area contributed by atoms with Crippen molar-refractivity contribution in [2.45, 2.75) is 31.8 Å². The van der Waals surface area contributed by atoms with Crippen molar-refractivity contribution >= 4 is 5.97 Å². The van der Waals surface area contributed by atoms with Crippen molar-refractivity contribution in [3.8, 4) is 5.75 Å². The molecule has 5 heteroatoms. The lowest BCUT2D eigenvalue weighted by Gasteiger charge is -2.35. The molecule has 0 radical (unpaired) electrons. The number of carbonyl (C=O) groups is 1. The summed E-state index contributed by atoms with van der Waals surface area (Å²) in [5.41, 5.74) is 2.51. The molecule has 1 saturated heterocycles. The molecular formula is C22H28N2O3. The van der Waals surface area contributed by atoms with Crippen molar-refractivity contribution in [1.29, 1.82) is 0 Å². The Bertz CT molecular complexity index is 757. The first-order chi connectivity index (χ1) is 13.2. The number of carboxylic acid groups (broad SMARTS) is 1. The molecule has 27 heavy (non-hydrogen) atoms. The summed E-state index contributed by atoms with van der Waals surface area (Å²) in [6.07, 6.45) is 3.75. The fraction of sp³-hybridized carbons (Fsp3) is 0.409. The summed E-state index contributed by atoms with van der Waals surface area (Å²) in [6.45, 7) is 3.62. The van der Waals surface area contributed by atoms with Gasteiger partial charge in [0.2, 0.25) is 0 Å². The number of hydrogen-bond acceptors (Lipinski definition) is 4. The number of aromatic carboxylic acids is 1. The molecule has 1 atom stereocenters. The van der Waals surface area contributed by atoms with Crippen molar-refractivity contribution in [3.63, 3.8) is 0 Å². The van der Waals surface area contributed by atoms with Gasteiger partial charge in [0, 0.05) is 18.7 Å². The Hall–Kier alpha value is -2.37. The first-order valence-corrected chi connectivity index (χ1v) is 9.59. The van der Waals surface area contributed by atoms with Crippen LogP contribution in [0, 0.1) is 0 Å². The molecule has 0 bridgehead atoms. The van der Waals surface area contributed by atoms with Crippen LogP contribution < -0.4 is 10.1 Å². The molecule has 2 N–H and O–H groups in total. The average molecular weight is 368 g/mol. The Morgan fingerprint density at radius 1 is 1.15 bits per heavy atom. The number of nitrogens with zero attached hydrogens (tertiary/aromatic N) is 1. The van der Waals surface area contributed by atoms with Gasteiger partial charge in [-0.25, -0.2) is 4.79 Å². The number of ether oxygens (including phenoxy) is 1. The molecule has 1 aliphatic rings. The van der Waals surface area contributed by atoms with Crippen LogP contribution in [0.4, 0.5) is 0 Å². The quantitative estimate of drug-likeness (QED) is 0.744. The van der Waals surface area contributed by atoms with Gasteiger partial charge in [0.1, 0.15) is 5.75 Å². The molecule has 1 unspecified atom stereocenters. The van der Waals surface area contributed by atoms with Gasteiger partial charge in [-0.15, -0.1) is 0 Å². The molecule has 1 fully saturated rings. The lowest BCUT2D eigenvalue weighted by Crippen LogP contribution is -2.39. The summed E-state index contributed by atoms with van der Waals surface area (Å²) in [5.74, 6) is 0.0276. The Morgan fingerprint density at radius 2 is 1.93 bits per heavy atom. The zero-order chi connectivity index (χ0) is 19.1. The van der Waals surface area contributed by atoms with Crippen LogP contribution in [0.3, 0.4) is 0 Å². The van der Waals surface area contributed by atoms with E-state index in [9.17, 15) is 4.79 Å². The zero-order valence-electron chi connectivity index (χ0n) is 15.9. The first kappa shape index (κ1) is 19.4. The monoisotopic (exact) mass is 368 g/mol. The highest BCUT2D eigenvalue weighted by molar-refractivity contribution is 5.87. The topological polar surface area (TPSA) is 61.8 Å². The maximum Gasteiger partial charge on any atom is 0.335 e. The number of hydrogen-bond donors (Lipinski definition) is 2. The molecule has 3 rings (SSSR count). The van der Waals surface area contributed by atoms with Crippen LogP contribution in [-0.4, -0.2) is 42.7 Å². The maximum atomic E-state index is 11.2. The van der Waals surface area contributed by atoms with Crippen molar-refractivity contribution < 1.29 is 14.6 Å². The van der Waals surface area contributed by atoms with Crippen LogP contribution >= 0.6 is 0 Å². The van der Waals surface area contributed by atoms with Crippen LogP contribution in [0.25, 0.3) is 0 Å². The number of nitrogens with one attached hydrogen (secondary N) is 1. The molecule has 2 aromatic carbocycles. The van der Waals surface area contributed by atoms with Gasteiger partial charge >= 0.3 is 5.97 Å². The summed E-state index contributed by atoms with van der Waals surface area (Å²) in [6, 6.07) is 15.6. The van der Waals surface area contributed by atoms with E-state index in [4.69, 9.17) is 9.84 Å². The fourth-order valence-electron chi connectivity index (χ4n) is 3.78. The first-order valence-electron chi connectivity index (χ1n) is 9.59. The summed E-state index contributed by atoms with van der Waals surface area (Å²) in [5, 5.41) is 12.7. The second-order valence-corrected chi connectivity index (χ2v) is 6.99. The molecule has 0 spiro atoms. The van der Waals surface area contributed by atoms with E-state index >= 15 is 0 Å². The highest BCUT2D eigenvalue weighted by Crippen LogP contribution is 2.30. The van der Waals surface area contributed by atoms with Crippen LogP contribution in [0.1, 0.15) is 46.8 Å². The Kier molecular flexibility index (Phi) is 6.85. The molecule has 2 aromatic rings. The minimum atomic E-state index is -0.892. The number of likely N-dealkylation sites (tertiary alicyclic amines) is 1. The molecular weight excluding hydrogens is 340 g/mol. The van der Waals surface area contributed by atoms with Crippen molar-refractivity contribution in [3.05, 3.63) is 65.2 Å². The van der Waals surface area contributed by atoms with Gasteiger partial charge in [-0.3, -0.25) is 4.90 Å². The molecule has 0 aromatic heterocycles. The van der Waals surface area contributed by atoms with E-state index < -0.39 is 5.97 Å². The predicted molar refractivity (Wildman–Crippen MR) is 106 cm³/mol. The third-order valence-corrected chi connectivity index (χ3v) is 5.17. The number of methoxy groups -OCH3 is 1. The number of rotatable bonds is 8. The van der Waals surface area contributed by atoms with E-state index in [-0.39, 0.29) is 6.04 Å². The maximum absolute atomic E-state index is 11.2. The number of benzene rings is 2. The van der Waals surface area contributed by atoms with Crippen LogP contribution in [-0.2, 0) is 6.54 Å². The van der Waals surface area contributed by atoms with Crippen molar-refractivity contribution in [1.82, 2.24) is 10.2 Å². The molecule has 144 valence electrons. The van der Waals surface area contributed by atoms with E-state index in [0.29, 0.717) is 12.1 Å². The van der Waals surface area contributed by atoms with Gasteiger partial charge in [0.15, 0.2) is 0 Å². The predicted octanol–water partition coefficient (Wildman–Crippen LogP) is 3.71. The van der Waals surface area contributed by atoms with E-state index in [0.717, 1.165) is 30.9 Å². The normalized spacial score (nSPS) is 16.0. The van der Waals surface area contributed by atoms with Crippen LogP contribution in [0.2, 0.25) is 0 Å². The SMILES string of the molecule is COc1ccccc1C(CNCc1cccc(C(=O)O)c1)N1CCCCC1. The Morgan fingerprint density at radius 3 is 2.67 bits per heavy atom. The molecule has 0 amide bonds. The second-order valence-electron chi connectivity index (χ2n) is 6.99. The van der Waals surface area contributed by atoms with Crippen molar-refractivity contribution in [2.75, 3.05) is 26.7 Å². The molecule has 0 aliphatic carbocycles. The minimum Gasteiger partial charge on any atom is -0.496 e. The van der Waals surface area contributed by atoms with E-state index in [1.54, 1.807) is 25.3 Å². The average Bonchev–Trinajstić information content (AvgIpc) is 2.72. The lowest BCUT2D eigenvalue weighted by atomic mass is 10.0. The van der Waals surface area contributed by atoms with Crippen LogP contribution in [0.5, 0.6) is 5.75 Å². The van der Waals surface area contributed by atoms with Crippen molar-refractivity contribution in [2.24, 2.45) is 0 Å². The molecule has 5 nitrogen and oxygen atoms in total. The van der Waals surface area contributed by atoms with E-state index in [1.807, 2.05) is 18.2 Å². The molecule has 0 saturated carbocycles. The van der Waals surface area contributed by atoms with Gasteiger partial charge in [0.25, 0.3) is 0 Å². The zero-order valence-corrected chi connectivity index (χ0v) is 15.9. The number of piperidine rings is 1. The Balaban J connectivity index is 1.72. The standard InChI is InChI=1S/C22H28N2O3/c1-27-21-11-4-3-10-19(21)20(24-12-5-2-6-13-24)16-23-15-17-8-7-9-18(14-17)22(25)26/h3-4,7-11,14,20,23H,2,5-6,12-13,15-16H2,1H3,(H,25,26). The number of para-hydroxylation sites is 1. The van der Waals surface area contributed by atoms with Gasteiger partial charge in [-0.1, -0.05) is 36.8 Å². The second kappa shape index (κ2) is 9.53. The van der Waals surface area contributed by atoms with Crippen LogP contribution in [0.15, 0.2) is 48.5 Å². The summed E-state index contributed by atoms with van der Waals surface area (Å²) >= 11 is 0. The van der Waals surface area contributed by atoms with Gasteiger partial charge in [-0.05, 0) is 49.7 Å². The molecule has 1 heterocycles. The third kappa shape index (κ3) is 5.08. The van der Waals surface area contributed by atoms with Gasteiger partial charge < -0.3 is 15.2 Å². The minimum absolute atomic E-state index is 0.240. The highest BCUT2D eigenvalue weighted by atomic mass is 16.5. The Labute approximate surface area is 161 Å². The van der Waals surface area contributed by atoms with Gasteiger partial charge in [0.05, 0.1) is 18.7 Å². The lowest BCUT2D eigenvalue weighted by molar-refractivity contribution is 0.0696. The largest absolute Gasteiger partial charge is 0.496 e. The molecule has 1 aliphatic heterocycles. The smallest absolute Gasteiger partial charge is 0.335 e. The number of carboxylic acids is 1. The third-order valence-electron chi connectivity index (χ3n) is 5.17. The fourth-order valence-corrected chi connectivity index (χ4v) is 3.78. The van der Waals surface area contributed by atoms with E-state index in [1.165, 1.54) is 24.8 Å². The highest BCUT2D eigenvalue weighted by Gasteiger charge is 2.24.